The van der Waals surface area contributed by atoms with Gasteiger partial charge in [0, 0.05) is 19.3 Å². The summed E-state index contributed by atoms with van der Waals surface area (Å²) in [4.78, 5) is 47.0. The highest BCUT2D eigenvalue weighted by molar-refractivity contribution is 5.72. The van der Waals surface area contributed by atoms with Crippen molar-refractivity contribution in [3.63, 3.8) is 0 Å². The van der Waals surface area contributed by atoms with Crippen LogP contribution in [0.3, 0.4) is 0 Å². The van der Waals surface area contributed by atoms with Crippen LogP contribution in [0, 0.1) is 0 Å². The number of carboxylic acids is 2. The normalized spacial score (nSPS) is 14.9. The summed E-state index contributed by atoms with van der Waals surface area (Å²) in [5.41, 5.74) is 0. The lowest BCUT2D eigenvalue weighted by molar-refractivity contribution is -0.180. The summed E-state index contributed by atoms with van der Waals surface area (Å²) in [6.07, 6.45) is 43.1. The predicted molar refractivity (Wildman–Crippen MR) is 246 cm³/mol. The smallest absolute Gasteiger partial charge is 0.322 e. The van der Waals surface area contributed by atoms with Crippen molar-refractivity contribution in [2.24, 2.45) is 0 Å². The summed E-state index contributed by atoms with van der Waals surface area (Å²) in [5, 5.41) is 17.0. The van der Waals surface area contributed by atoms with Crippen molar-refractivity contribution < 1.29 is 43.6 Å². The molecule has 0 spiro atoms. The number of carboxylic acid groups (broad SMARTS) is 2. The van der Waals surface area contributed by atoms with Crippen LogP contribution in [0.25, 0.3) is 0 Å². The molecule has 1 fully saturated rings. The molecule has 60 heavy (non-hydrogen) atoms. The van der Waals surface area contributed by atoms with E-state index in [1.807, 2.05) is 0 Å². The molecule has 0 aromatic heterocycles. The van der Waals surface area contributed by atoms with Crippen molar-refractivity contribution in [3.8, 4) is 0 Å². The van der Waals surface area contributed by atoms with Gasteiger partial charge in [-0.2, -0.15) is 0 Å². The molecule has 0 aliphatic carbocycles. The quantitative estimate of drug-likeness (QED) is 0.0350. The number of rotatable bonds is 37. The number of likely N-dealkylation sites (N-methyl/N-ethyl adjacent to an activating group) is 2. The van der Waals surface area contributed by atoms with Gasteiger partial charge in [-0.25, -0.2) is 0 Å². The zero-order valence-electron chi connectivity index (χ0n) is 39.4. The Bertz CT molecular complexity index is 1010. The van der Waals surface area contributed by atoms with Gasteiger partial charge < -0.3 is 24.4 Å². The Morgan fingerprint density at radius 2 is 0.867 bits per heavy atom. The second-order valence-corrected chi connectivity index (χ2v) is 16.9. The van der Waals surface area contributed by atoms with E-state index < -0.39 is 18.2 Å². The number of nitrogens with zero attached hydrogens (tertiary/aromatic N) is 2. The van der Waals surface area contributed by atoms with Crippen molar-refractivity contribution in [2.75, 3.05) is 47.9 Å². The maximum Gasteiger partial charge on any atom is 0.322 e. The van der Waals surface area contributed by atoms with E-state index in [1.165, 1.54) is 141 Å². The number of unbranched alkanes of at least 4 members (excludes halogenated alkanes) is 22. The zero-order valence-corrected chi connectivity index (χ0v) is 39.4. The average Bonchev–Trinajstić information content (AvgIpc) is 3.63. The number of hydrogen-bond donors (Lipinski definition) is 2. The molecule has 2 N–H and O–H groups in total. The van der Waals surface area contributed by atoms with Gasteiger partial charge in [0.1, 0.15) is 6.61 Å². The van der Waals surface area contributed by atoms with E-state index in [4.69, 9.17) is 24.4 Å². The minimum atomic E-state index is -0.664. The Morgan fingerprint density at radius 3 is 1.23 bits per heavy atom. The maximum atomic E-state index is 11.5. The lowest BCUT2D eigenvalue weighted by atomic mass is 10.1. The van der Waals surface area contributed by atoms with Gasteiger partial charge in [0.15, 0.2) is 0 Å². The van der Waals surface area contributed by atoms with Gasteiger partial charge in [-0.15, -0.1) is 0 Å². The van der Waals surface area contributed by atoms with Crippen LogP contribution in [0.4, 0.5) is 0 Å². The van der Waals surface area contributed by atoms with Gasteiger partial charge in [-0.05, 0) is 98.8 Å². The molecule has 1 rings (SSSR count). The minimum Gasteiger partial charge on any atom is -0.481 e. The second kappa shape index (κ2) is 45.8. The average molecular weight is 853 g/mol. The number of carbonyl (C=O) groups excluding carboxylic acids is 2. The lowest BCUT2D eigenvalue weighted by Gasteiger charge is -2.16. The molecule has 352 valence electrons. The summed E-state index contributed by atoms with van der Waals surface area (Å²) < 4.78 is 15.8. The predicted octanol–water partition coefficient (Wildman–Crippen LogP) is 11.9. The third-order valence-corrected chi connectivity index (χ3v) is 9.96. The molecule has 1 aliphatic heterocycles. The third kappa shape index (κ3) is 49.6. The number of aliphatic carboxylic acids is 2. The van der Waals surface area contributed by atoms with E-state index in [-0.39, 0.29) is 37.7 Å². The van der Waals surface area contributed by atoms with Crippen LogP contribution in [0.5, 0.6) is 0 Å². The Labute approximate surface area is 367 Å². The van der Waals surface area contributed by atoms with Crippen LogP contribution in [0.2, 0.25) is 0 Å². The van der Waals surface area contributed by atoms with Crippen molar-refractivity contribution in [1.29, 1.82) is 0 Å². The van der Waals surface area contributed by atoms with Gasteiger partial charge in [-0.1, -0.05) is 141 Å². The molecule has 2 atom stereocenters. The highest BCUT2D eigenvalue weighted by atomic mass is 16.7. The fourth-order valence-electron chi connectivity index (χ4n) is 6.51. The largest absolute Gasteiger partial charge is 0.481 e. The van der Waals surface area contributed by atoms with Crippen LogP contribution in [-0.4, -0.2) is 104 Å². The highest BCUT2D eigenvalue weighted by Gasteiger charge is 2.29. The maximum absolute atomic E-state index is 11.5. The molecule has 0 aromatic carbocycles. The molecule has 1 saturated heterocycles. The van der Waals surface area contributed by atoms with E-state index in [1.54, 1.807) is 38.0 Å². The standard InChI is InChI=1S/2C18H34O2.C13H24N2O5/c2*1-2-3-4-5-6-7-8-9-10-11-12-13-14-15-16-17-18(19)20;1-14(2)7-11(16)18-9-10-5-6-13(19-10)20-12(17)8-15(3)4/h2*9-10H,2-8,11-17H2,1H3,(H,19,20);10,13H,5-9H2,1-4H3/b2*10-9-;/t;;10-,13-/m..0/s1. The number of allylic oxidation sites excluding steroid dienone is 4. The first-order valence-electron chi connectivity index (χ1n) is 23.9. The number of hydrogen-bond acceptors (Lipinski definition) is 9. The molecule has 0 bridgehead atoms. The Balaban J connectivity index is 0. The van der Waals surface area contributed by atoms with Gasteiger partial charge in [0.25, 0.3) is 0 Å². The SMILES string of the molecule is CCCCCCCC/C=C\CCCCCCCC(=O)O.CCCCCCCC/C=C\CCCCCCCC(=O)O.CN(C)CC(=O)OC[C@@H]1CC[C@H](OC(=O)CN(C)C)O1. The minimum absolute atomic E-state index is 0.196. The highest BCUT2D eigenvalue weighted by Crippen LogP contribution is 2.21. The van der Waals surface area contributed by atoms with Crippen LogP contribution in [0.1, 0.15) is 206 Å². The Morgan fingerprint density at radius 1 is 0.517 bits per heavy atom. The summed E-state index contributed by atoms with van der Waals surface area (Å²) in [7, 11) is 7.19. The molecule has 1 heterocycles. The topological polar surface area (TPSA) is 143 Å². The van der Waals surface area contributed by atoms with E-state index in [2.05, 4.69) is 38.2 Å². The van der Waals surface area contributed by atoms with E-state index in [0.29, 0.717) is 19.3 Å². The summed E-state index contributed by atoms with van der Waals surface area (Å²) in [6, 6.07) is 0. The zero-order chi connectivity index (χ0) is 44.9. The van der Waals surface area contributed by atoms with Crippen LogP contribution in [0.15, 0.2) is 24.3 Å². The van der Waals surface area contributed by atoms with Crippen LogP contribution >= 0.6 is 0 Å². The van der Waals surface area contributed by atoms with Crippen molar-refractivity contribution >= 4 is 23.9 Å². The first-order chi connectivity index (χ1) is 28.9. The second-order valence-electron chi connectivity index (χ2n) is 16.9. The molecule has 0 radical (unpaired) electrons. The van der Waals surface area contributed by atoms with E-state index >= 15 is 0 Å². The fourth-order valence-corrected chi connectivity index (χ4v) is 6.51. The molecular weight excluding hydrogens is 761 g/mol. The molecule has 0 saturated carbocycles. The number of ether oxygens (including phenoxy) is 3. The van der Waals surface area contributed by atoms with Crippen LogP contribution in [-0.2, 0) is 33.4 Å². The number of carbonyl (C=O) groups is 4. The fraction of sp³-hybridized carbons (Fsp3) is 0.837. The lowest BCUT2D eigenvalue weighted by Crippen LogP contribution is -2.29. The Hall–Kier alpha value is -2.76. The molecule has 0 amide bonds. The first-order valence-corrected chi connectivity index (χ1v) is 23.9. The van der Waals surface area contributed by atoms with Gasteiger partial charge >= 0.3 is 23.9 Å². The molecule has 0 unspecified atom stereocenters. The molecule has 1 aliphatic rings. The van der Waals surface area contributed by atoms with Crippen molar-refractivity contribution in [1.82, 2.24) is 9.80 Å². The van der Waals surface area contributed by atoms with Gasteiger partial charge in [-0.3, -0.25) is 29.0 Å². The van der Waals surface area contributed by atoms with Crippen molar-refractivity contribution in [3.05, 3.63) is 24.3 Å². The van der Waals surface area contributed by atoms with E-state index in [9.17, 15) is 19.2 Å². The molecular formula is C49H92N2O9. The molecule has 11 nitrogen and oxygen atoms in total. The summed E-state index contributed by atoms with van der Waals surface area (Å²) in [6.45, 7) is 5.19. The van der Waals surface area contributed by atoms with Crippen molar-refractivity contribution in [2.45, 2.75) is 219 Å². The summed E-state index contributed by atoms with van der Waals surface area (Å²) in [5.74, 6) is -1.93. The number of esters is 2. The molecule has 11 heteroatoms. The van der Waals surface area contributed by atoms with Crippen LogP contribution < -0.4 is 0 Å². The Kier molecular flexibility index (Phi) is 45.2. The van der Waals surface area contributed by atoms with Gasteiger partial charge in [0.05, 0.1) is 19.2 Å². The molecule has 0 aromatic rings. The van der Waals surface area contributed by atoms with Gasteiger partial charge in [0.2, 0.25) is 6.29 Å². The third-order valence-electron chi connectivity index (χ3n) is 9.96. The summed E-state index contributed by atoms with van der Waals surface area (Å²) >= 11 is 0. The first kappa shape index (κ1) is 59.3. The monoisotopic (exact) mass is 853 g/mol. The van der Waals surface area contributed by atoms with E-state index in [0.717, 1.165) is 32.1 Å².